The van der Waals surface area contributed by atoms with Crippen LogP contribution in [0.1, 0.15) is 68.2 Å². The van der Waals surface area contributed by atoms with Crippen molar-refractivity contribution in [2.45, 2.75) is 89.3 Å². The monoisotopic (exact) mass is 532 g/mol. The van der Waals surface area contributed by atoms with Crippen LogP contribution in [0.25, 0.3) is 0 Å². The molecule has 6 atom stereocenters. The predicted octanol–water partition coefficient (Wildman–Crippen LogP) is 4.41. The number of likely N-dealkylation sites (tertiary alicyclic amines) is 1. The number of piperidine rings is 1. The number of aryl methyl sites for hydroxylation is 1. The molecule has 0 aromatic heterocycles. The van der Waals surface area contributed by atoms with Crippen LogP contribution in [0, 0.1) is 18.8 Å². The standard InChI is InChI=1S/C33H45N3O3/c1-22(2)30(35-31(37)28(34)19-24-10-6-5-7-11-24)32(38)39-21-36(4)17-16-33-15-9-8-12-26(33)29(36)20-25-14-13-23(3)18-27(25)33/h5-7,10-11,13-14,18,22,26,28-30H,8-9,12,15-17,19-21,34H2,1-4H3/p+1/t26-,28?,29+,30?,33+,36?/m0/s1. The minimum absolute atomic E-state index is 0.104. The highest BCUT2D eigenvalue weighted by Crippen LogP contribution is 2.57. The van der Waals surface area contributed by atoms with Crippen molar-refractivity contribution in [2.75, 3.05) is 20.3 Å². The Morgan fingerprint density at radius 2 is 1.90 bits per heavy atom. The van der Waals surface area contributed by atoms with E-state index in [0.29, 0.717) is 25.1 Å². The molecule has 210 valence electrons. The summed E-state index contributed by atoms with van der Waals surface area (Å²) in [6.45, 7) is 7.42. The summed E-state index contributed by atoms with van der Waals surface area (Å²) in [4.78, 5) is 26.3. The van der Waals surface area contributed by atoms with Crippen molar-refractivity contribution in [1.29, 1.82) is 0 Å². The number of quaternary nitrogens is 1. The van der Waals surface area contributed by atoms with E-state index in [1.54, 1.807) is 5.56 Å². The Hall–Kier alpha value is -2.70. The molecular weight excluding hydrogens is 486 g/mol. The minimum atomic E-state index is -0.724. The molecule has 2 aliphatic carbocycles. The highest BCUT2D eigenvalue weighted by atomic mass is 16.5. The summed E-state index contributed by atoms with van der Waals surface area (Å²) in [7, 11) is 2.27. The Labute approximate surface area is 233 Å². The number of rotatable bonds is 8. The smallest absolute Gasteiger partial charge is 0.333 e. The fraction of sp³-hybridized carbons (Fsp3) is 0.576. The van der Waals surface area contributed by atoms with E-state index in [9.17, 15) is 9.59 Å². The quantitative estimate of drug-likeness (QED) is 0.390. The van der Waals surface area contributed by atoms with Crippen molar-refractivity contribution in [3.8, 4) is 0 Å². The van der Waals surface area contributed by atoms with Crippen LogP contribution in [0.2, 0.25) is 0 Å². The van der Waals surface area contributed by atoms with E-state index in [-0.39, 0.29) is 23.2 Å². The Bertz CT molecular complexity index is 1200. The highest BCUT2D eigenvalue weighted by molar-refractivity contribution is 5.87. The van der Waals surface area contributed by atoms with Crippen LogP contribution in [0.5, 0.6) is 0 Å². The Morgan fingerprint density at radius 1 is 1.13 bits per heavy atom. The Balaban J connectivity index is 1.27. The molecule has 6 nitrogen and oxygen atoms in total. The average molecular weight is 533 g/mol. The number of esters is 1. The van der Waals surface area contributed by atoms with Gasteiger partial charge in [0, 0.05) is 24.2 Å². The molecule has 0 spiro atoms. The third-order valence-electron chi connectivity index (χ3n) is 10.0. The maximum absolute atomic E-state index is 13.4. The molecule has 5 rings (SSSR count). The van der Waals surface area contributed by atoms with Crippen molar-refractivity contribution >= 4 is 11.9 Å². The predicted molar refractivity (Wildman–Crippen MR) is 154 cm³/mol. The summed E-state index contributed by atoms with van der Waals surface area (Å²) < 4.78 is 6.81. The van der Waals surface area contributed by atoms with Gasteiger partial charge < -0.3 is 15.8 Å². The number of hydrogen-bond acceptors (Lipinski definition) is 4. The molecule has 2 bridgehead atoms. The molecule has 0 radical (unpaired) electrons. The van der Waals surface area contributed by atoms with Gasteiger partial charge in [0.2, 0.25) is 12.6 Å². The second-order valence-corrected chi connectivity index (χ2v) is 13.0. The van der Waals surface area contributed by atoms with Gasteiger partial charge in [-0.15, -0.1) is 0 Å². The second kappa shape index (κ2) is 11.1. The van der Waals surface area contributed by atoms with E-state index >= 15 is 0 Å². The van der Waals surface area contributed by atoms with Gasteiger partial charge in [-0.1, -0.05) is 80.8 Å². The molecule has 3 aliphatic rings. The second-order valence-electron chi connectivity index (χ2n) is 13.0. The summed E-state index contributed by atoms with van der Waals surface area (Å²) in [6, 6.07) is 15.7. The fourth-order valence-corrected chi connectivity index (χ4v) is 7.76. The maximum atomic E-state index is 13.4. The number of nitrogens with two attached hydrogens (primary N) is 1. The topological polar surface area (TPSA) is 81.4 Å². The van der Waals surface area contributed by atoms with Crippen LogP contribution in [0.15, 0.2) is 48.5 Å². The van der Waals surface area contributed by atoms with E-state index in [2.05, 4.69) is 37.5 Å². The number of carbonyl (C=O) groups is 2. The van der Waals surface area contributed by atoms with Gasteiger partial charge in [-0.3, -0.25) is 9.28 Å². The van der Waals surface area contributed by atoms with E-state index in [4.69, 9.17) is 10.5 Å². The maximum Gasteiger partial charge on any atom is 0.333 e. The van der Waals surface area contributed by atoms with E-state index in [1.807, 2.05) is 44.2 Å². The number of fused-ring (bicyclic) bond motifs is 1. The molecule has 3 unspecified atom stereocenters. The number of ether oxygens (including phenoxy) is 1. The number of nitrogens with one attached hydrogen (secondary N) is 1. The summed E-state index contributed by atoms with van der Waals surface area (Å²) in [6.07, 6.45) is 7.71. The van der Waals surface area contributed by atoms with Crippen molar-refractivity contribution in [1.82, 2.24) is 5.32 Å². The number of amides is 1. The number of benzene rings is 2. The van der Waals surface area contributed by atoms with Crippen LogP contribution in [-0.4, -0.2) is 54.8 Å². The van der Waals surface area contributed by atoms with Crippen molar-refractivity contribution in [3.63, 3.8) is 0 Å². The molecule has 3 N–H and O–H groups in total. The minimum Gasteiger partial charge on any atom is -0.413 e. The van der Waals surface area contributed by atoms with Crippen molar-refractivity contribution in [3.05, 3.63) is 70.8 Å². The lowest BCUT2D eigenvalue weighted by atomic mass is 9.52. The molecule has 39 heavy (non-hydrogen) atoms. The van der Waals surface area contributed by atoms with Crippen molar-refractivity contribution in [2.24, 2.45) is 17.6 Å². The molecule has 6 heteroatoms. The van der Waals surface area contributed by atoms with Crippen molar-refractivity contribution < 1.29 is 18.8 Å². The van der Waals surface area contributed by atoms with Crippen LogP contribution in [-0.2, 0) is 32.6 Å². The first kappa shape index (κ1) is 27.9. The van der Waals surface area contributed by atoms with Gasteiger partial charge in [0.15, 0.2) is 0 Å². The van der Waals surface area contributed by atoms with Gasteiger partial charge in [0.1, 0.15) is 6.04 Å². The molecule has 1 aliphatic heterocycles. The first-order valence-corrected chi connectivity index (χ1v) is 14.8. The lowest BCUT2D eigenvalue weighted by Gasteiger charge is -2.61. The summed E-state index contributed by atoms with van der Waals surface area (Å²) >= 11 is 0. The molecule has 2 fully saturated rings. The zero-order chi connectivity index (χ0) is 27.8. The molecule has 1 heterocycles. The fourth-order valence-electron chi connectivity index (χ4n) is 7.76. The van der Waals surface area contributed by atoms with Crippen LogP contribution in [0.3, 0.4) is 0 Å². The van der Waals surface area contributed by atoms with Gasteiger partial charge in [-0.2, -0.15) is 0 Å². The summed E-state index contributed by atoms with van der Waals surface area (Å²) in [5.41, 5.74) is 11.9. The van der Waals surface area contributed by atoms with Gasteiger partial charge in [-0.25, -0.2) is 4.79 Å². The molecule has 1 amide bonds. The normalized spacial score (nSPS) is 29.1. The molecule has 1 saturated carbocycles. The Morgan fingerprint density at radius 3 is 2.64 bits per heavy atom. The Kier molecular flexibility index (Phi) is 7.89. The zero-order valence-electron chi connectivity index (χ0n) is 24.1. The van der Waals surface area contributed by atoms with E-state index in [0.717, 1.165) is 29.4 Å². The SMILES string of the molecule is Cc1ccc2c(c1)[C@@]13CCCC[C@H]1[C@@H](C2)[N+](C)(COC(=O)C(NC(=O)C(N)Cc1ccccc1)C(C)C)CC3. The first-order chi connectivity index (χ1) is 18.6. The number of carbonyl (C=O) groups excluding carboxylic acids is 2. The van der Waals surface area contributed by atoms with Gasteiger partial charge >= 0.3 is 5.97 Å². The zero-order valence-corrected chi connectivity index (χ0v) is 24.1. The third kappa shape index (κ3) is 5.38. The number of nitrogens with zero attached hydrogens (tertiary/aromatic N) is 1. The van der Waals surface area contributed by atoms with Gasteiger partial charge in [0.25, 0.3) is 0 Å². The largest absolute Gasteiger partial charge is 0.413 e. The first-order valence-electron chi connectivity index (χ1n) is 14.8. The lowest BCUT2D eigenvalue weighted by Crippen LogP contribution is -2.69. The van der Waals surface area contributed by atoms with Gasteiger partial charge in [0.05, 0.1) is 25.7 Å². The number of likely N-dealkylation sites (N-methyl/N-ethyl adjacent to an activating group) is 1. The molecular formula is C33H46N3O3+. The molecule has 2 aromatic rings. The van der Waals surface area contributed by atoms with E-state index in [1.165, 1.54) is 36.8 Å². The molecule has 1 saturated heterocycles. The highest BCUT2D eigenvalue weighted by Gasteiger charge is 2.59. The van der Waals surface area contributed by atoms with Crippen LogP contribution in [0.4, 0.5) is 0 Å². The van der Waals surface area contributed by atoms with Gasteiger partial charge in [-0.05, 0) is 48.8 Å². The summed E-state index contributed by atoms with van der Waals surface area (Å²) in [5, 5.41) is 2.90. The summed E-state index contributed by atoms with van der Waals surface area (Å²) in [5.74, 6) is -0.168. The molecule has 2 aromatic carbocycles. The van der Waals surface area contributed by atoms with Crippen LogP contribution >= 0.6 is 0 Å². The van der Waals surface area contributed by atoms with E-state index < -0.39 is 12.1 Å². The van der Waals surface area contributed by atoms with Crippen LogP contribution < -0.4 is 11.1 Å². The lowest BCUT2D eigenvalue weighted by molar-refractivity contribution is -0.959. The number of hydrogen-bond donors (Lipinski definition) is 2. The average Bonchev–Trinajstić information content (AvgIpc) is 2.93. The third-order valence-corrected chi connectivity index (χ3v) is 10.0.